The van der Waals surface area contributed by atoms with Gasteiger partial charge in [-0.15, -0.1) is 0 Å². The van der Waals surface area contributed by atoms with Gasteiger partial charge in [0.2, 0.25) is 0 Å². The number of hydrogen-bond donors (Lipinski definition) is 1. The molecule has 0 aromatic heterocycles. The van der Waals surface area contributed by atoms with Gasteiger partial charge in [0.05, 0.1) is 0 Å². The summed E-state index contributed by atoms with van der Waals surface area (Å²) < 4.78 is -0.0581. The van der Waals surface area contributed by atoms with Crippen molar-refractivity contribution in [1.29, 1.82) is 0 Å². The Bertz CT molecular complexity index is 366. The van der Waals surface area contributed by atoms with Crippen LogP contribution < -0.4 is 0 Å². The summed E-state index contributed by atoms with van der Waals surface area (Å²) in [4.78, 5) is 0. The van der Waals surface area contributed by atoms with Crippen LogP contribution in [-0.2, 0) is 4.75 Å². The van der Waals surface area contributed by atoms with Gasteiger partial charge in [0.1, 0.15) is 0 Å². The molecule has 0 saturated heterocycles. The molecule has 0 saturated carbocycles. The highest BCUT2D eigenvalue weighted by molar-refractivity contribution is 7.81. The minimum atomic E-state index is -0.0581. The predicted octanol–water partition coefficient (Wildman–Crippen LogP) is 4.39. The summed E-state index contributed by atoms with van der Waals surface area (Å²) in [7, 11) is 0. The average molecular weight is 222 g/mol. The van der Waals surface area contributed by atoms with Crippen molar-refractivity contribution in [2.45, 2.75) is 53.2 Å². The first kappa shape index (κ1) is 12.6. The lowest BCUT2D eigenvalue weighted by Crippen LogP contribution is -2.15. The molecule has 84 valence electrons. The standard InChI is InChI=1S/C14H22S/c1-8-9(2)11(4)13(14(6,7)15)12(5)10(8)3/h15H,1-7H3. The Kier molecular flexibility index (Phi) is 3.25. The second-order valence-electron chi connectivity index (χ2n) is 5.06. The Morgan fingerprint density at radius 1 is 0.667 bits per heavy atom. The van der Waals surface area contributed by atoms with Crippen LogP contribution in [0.15, 0.2) is 0 Å². The van der Waals surface area contributed by atoms with Crippen LogP contribution in [0.25, 0.3) is 0 Å². The van der Waals surface area contributed by atoms with E-state index in [0.29, 0.717) is 0 Å². The highest BCUT2D eigenvalue weighted by Crippen LogP contribution is 2.36. The van der Waals surface area contributed by atoms with Crippen LogP contribution in [0.5, 0.6) is 0 Å². The van der Waals surface area contributed by atoms with E-state index in [1.165, 1.54) is 33.4 Å². The van der Waals surface area contributed by atoms with E-state index < -0.39 is 0 Å². The van der Waals surface area contributed by atoms with Crippen LogP contribution in [0.2, 0.25) is 0 Å². The van der Waals surface area contributed by atoms with Crippen LogP contribution >= 0.6 is 12.6 Å². The van der Waals surface area contributed by atoms with E-state index in [4.69, 9.17) is 12.6 Å². The molecule has 15 heavy (non-hydrogen) atoms. The average Bonchev–Trinajstić information content (AvgIpc) is 2.09. The molecule has 1 aromatic carbocycles. The second-order valence-corrected chi connectivity index (χ2v) is 6.18. The molecule has 0 aliphatic heterocycles. The lowest BCUT2D eigenvalue weighted by atomic mass is 9.84. The zero-order chi connectivity index (χ0) is 12.0. The molecule has 1 aromatic rings. The first-order valence-corrected chi connectivity index (χ1v) is 5.92. The summed E-state index contributed by atoms with van der Waals surface area (Å²) in [5.41, 5.74) is 8.44. The Balaban J connectivity index is 3.68. The van der Waals surface area contributed by atoms with Gasteiger partial charge in [-0.1, -0.05) is 0 Å². The fourth-order valence-corrected chi connectivity index (χ4v) is 2.75. The summed E-state index contributed by atoms with van der Waals surface area (Å²) in [6.45, 7) is 15.4. The summed E-state index contributed by atoms with van der Waals surface area (Å²) in [6, 6.07) is 0. The topological polar surface area (TPSA) is 0 Å². The number of thiol groups is 1. The smallest absolute Gasteiger partial charge is 0.0327 e. The molecule has 0 amide bonds. The summed E-state index contributed by atoms with van der Waals surface area (Å²) in [6.07, 6.45) is 0. The van der Waals surface area contributed by atoms with Gasteiger partial charge in [0, 0.05) is 4.75 Å². The molecule has 0 atom stereocenters. The van der Waals surface area contributed by atoms with Crippen molar-refractivity contribution in [3.05, 3.63) is 33.4 Å². The monoisotopic (exact) mass is 222 g/mol. The highest BCUT2D eigenvalue weighted by atomic mass is 32.1. The normalized spacial score (nSPS) is 12.0. The van der Waals surface area contributed by atoms with Crippen LogP contribution in [0, 0.1) is 34.6 Å². The van der Waals surface area contributed by atoms with Crippen molar-refractivity contribution in [3.63, 3.8) is 0 Å². The number of rotatable bonds is 1. The van der Waals surface area contributed by atoms with Gasteiger partial charge >= 0.3 is 0 Å². The van der Waals surface area contributed by atoms with E-state index in [1.807, 2.05) is 0 Å². The third-order valence-corrected chi connectivity index (χ3v) is 3.84. The van der Waals surface area contributed by atoms with Crippen molar-refractivity contribution >= 4 is 12.6 Å². The van der Waals surface area contributed by atoms with Gasteiger partial charge < -0.3 is 0 Å². The molecule has 0 fully saturated rings. The van der Waals surface area contributed by atoms with E-state index in [2.05, 4.69) is 48.5 Å². The number of benzene rings is 1. The van der Waals surface area contributed by atoms with Crippen LogP contribution in [0.1, 0.15) is 47.2 Å². The van der Waals surface area contributed by atoms with Crippen LogP contribution in [0.4, 0.5) is 0 Å². The Hall–Kier alpha value is -0.430. The molecular formula is C14H22S. The van der Waals surface area contributed by atoms with Crippen molar-refractivity contribution in [1.82, 2.24) is 0 Å². The van der Waals surface area contributed by atoms with Crippen molar-refractivity contribution in [2.75, 3.05) is 0 Å². The Morgan fingerprint density at radius 2 is 0.933 bits per heavy atom. The minimum absolute atomic E-state index is 0.0581. The predicted molar refractivity (Wildman–Crippen MR) is 72.1 cm³/mol. The molecule has 0 spiro atoms. The molecule has 0 aliphatic rings. The second kappa shape index (κ2) is 3.86. The Morgan fingerprint density at radius 3 is 1.20 bits per heavy atom. The summed E-state index contributed by atoms with van der Waals surface area (Å²) in [5.74, 6) is 0. The zero-order valence-corrected chi connectivity index (χ0v) is 11.8. The van der Waals surface area contributed by atoms with Gasteiger partial charge in [-0.05, 0) is 81.8 Å². The van der Waals surface area contributed by atoms with Crippen LogP contribution in [-0.4, -0.2) is 0 Å². The third kappa shape index (κ3) is 2.08. The molecule has 0 unspecified atom stereocenters. The first-order chi connectivity index (χ1) is 6.68. The van der Waals surface area contributed by atoms with Gasteiger partial charge in [-0.25, -0.2) is 0 Å². The van der Waals surface area contributed by atoms with Gasteiger partial charge in [0.25, 0.3) is 0 Å². The van der Waals surface area contributed by atoms with Crippen molar-refractivity contribution in [3.8, 4) is 0 Å². The van der Waals surface area contributed by atoms with E-state index in [9.17, 15) is 0 Å². The maximum Gasteiger partial charge on any atom is 0.0327 e. The fraction of sp³-hybridized carbons (Fsp3) is 0.571. The maximum atomic E-state index is 4.71. The molecule has 0 aliphatic carbocycles. The zero-order valence-electron chi connectivity index (χ0n) is 10.9. The lowest BCUT2D eigenvalue weighted by Gasteiger charge is -2.27. The van der Waals surface area contributed by atoms with Gasteiger partial charge in [-0.2, -0.15) is 12.6 Å². The van der Waals surface area contributed by atoms with Gasteiger partial charge in [-0.3, -0.25) is 0 Å². The summed E-state index contributed by atoms with van der Waals surface area (Å²) in [5, 5.41) is 0. The highest BCUT2D eigenvalue weighted by Gasteiger charge is 2.23. The third-order valence-electron chi connectivity index (χ3n) is 3.61. The van der Waals surface area contributed by atoms with E-state index in [0.717, 1.165) is 0 Å². The molecule has 0 radical (unpaired) electrons. The largest absolute Gasteiger partial charge is 0.168 e. The van der Waals surface area contributed by atoms with Crippen molar-refractivity contribution < 1.29 is 0 Å². The SMILES string of the molecule is Cc1c(C)c(C)c(C(C)(C)S)c(C)c1C. The van der Waals surface area contributed by atoms with E-state index >= 15 is 0 Å². The summed E-state index contributed by atoms with van der Waals surface area (Å²) >= 11 is 4.71. The molecule has 0 bridgehead atoms. The molecule has 0 heterocycles. The van der Waals surface area contributed by atoms with Crippen molar-refractivity contribution in [2.24, 2.45) is 0 Å². The Labute approximate surface area is 99.5 Å². The van der Waals surface area contributed by atoms with E-state index in [-0.39, 0.29) is 4.75 Å². The maximum absolute atomic E-state index is 4.71. The molecule has 1 rings (SSSR count). The minimum Gasteiger partial charge on any atom is -0.168 e. The first-order valence-electron chi connectivity index (χ1n) is 5.47. The van der Waals surface area contributed by atoms with Gasteiger partial charge in [0.15, 0.2) is 0 Å². The quantitative estimate of drug-likeness (QED) is 0.669. The molecule has 1 heteroatoms. The van der Waals surface area contributed by atoms with Crippen LogP contribution in [0.3, 0.4) is 0 Å². The fourth-order valence-electron chi connectivity index (χ4n) is 2.42. The molecular weight excluding hydrogens is 200 g/mol. The number of hydrogen-bond acceptors (Lipinski definition) is 1. The van der Waals surface area contributed by atoms with E-state index in [1.54, 1.807) is 0 Å². The molecule has 0 N–H and O–H groups in total. The molecule has 0 nitrogen and oxygen atoms in total. The lowest BCUT2D eigenvalue weighted by molar-refractivity contribution is 0.769.